The number of nitrogens with zero attached hydrogens (tertiary/aromatic N) is 4. The number of aromatic nitrogens is 3. The van der Waals surface area contributed by atoms with E-state index in [-0.39, 0.29) is 5.91 Å². The number of pyridine rings is 1. The Morgan fingerprint density at radius 3 is 2.79 bits per heavy atom. The van der Waals surface area contributed by atoms with Crippen LogP contribution in [-0.4, -0.2) is 51.9 Å². The lowest BCUT2D eigenvalue weighted by Crippen LogP contribution is -2.34. The van der Waals surface area contributed by atoms with Gasteiger partial charge in [0.2, 0.25) is 0 Å². The molecule has 0 bridgehead atoms. The van der Waals surface area contributed by atoms with Crippen LogP contribution in [0.3, 0.4) is 0 Å². The van der Waals surface area contributed by atoms with E-state index in [0.29, 0.717) is 29.5 Å². The molecule has 1 aromatic carbocycles. The Labute approximate surface area is 171 Å². The molecule has 1 aliphatic rings. The quantitative estimate of drug-likeness (QED) is 0.704. The highest BCUT2D eigenvalue weighted by atomic mass is 16.1. The molecule has 1 fully saturated rings. The number of hydrogen-bond acceptors (Lipinski definition) is 5. The zero-order chi connectivity index (χ0) is 20.1. The highest BCUT2D eigenvalue weighted by Crippen LogP contribution is 2.26. The summed E-state index contributed by atoms with van der Waals surface area (Å²) in [5, 5.41) is 3.01. The van der Waals surface area contributed by atoms with Crippen LogP contribution >= 0.6 is 0 Å². The molecule has 1 aliphatic heterocycles. The third kappa shape index (κ3) is 4.66. The molecule has 6 heteroatoms. The standard InChI is InChI=1S/C23H25N5O/c1-17-21(15-26-22(27-17)19-8-5-10-24-14-19)23(29)25-11-13-28-12-9-20(16-28)18-6-3-2-4-7-18/h2-8,10,14-15,20H,9,11-13,16H2,1H3,(H,25,29)/t20-/m1/s1. The first-order valence-electron chi connectivity index (χ1n) is 10.0. The first kappa shape index (κ1) is 19.2. The molecule has 1 amide bonds. The Kier molecular flexibility index (Phi) is 5.91. The van der Waals surface area contributed by atoms with Crippen molar-refractivity contribution in [2.24, 2.45) is 0 Å². The lowest BCUT2D eigenvalue weighted by Gasteiger charge is -2.16. The fraction of sp³-hybridized carbons (Fsp3) is 0.304. The van der Waals surface area contributed by atoms with Gasteiger partial charge in [0, 0.05) is 43.8 Å². The molecule has 1 saturated heterocycles. The van der Waals surface area contributed by atoms with Crippen LogP contribution in [-0.2, 0) is 0 Å². The summed E-state index contributed by atoms with van der Waals surface area (Å²) in [5.74, 6) is 1.04. The molecule has 0 spiro atoms. The van der Waals surface area contributed by atoms with Crippen molar-refractivity contribution < 1.29 is 4.79 Å². The van der Waals surface area contributed by atoms with Crippen molar-refractivity contribution in [2.75, 3.05) is 26.2 Å². The molecule has 6 nitrogen and oxygen atoms in total. The monoisotopic (exact) mass is 387 g/mol. The van der Waals surface area contributed by atoms with Gasteiger partial charge in [0.05, 0.1) is 11.3 Å². The Morgan fingerprint density at radius 2 is 2.03 bits per heavy atom. The largest absolute Gasteiger partial charge is 0.351 e. The first-order valence-corrected chi connectivity index (χ1v) is 10.0. The van der Waals surface area contributed by atoms with Gasteiger partial charge >= 0.3 is 0 Å². The summed E-state index contributed by atoms with van der Waals surface area (Å²) in [6, 6.07) is 14.4. The fourth-order valence-corrected chi connectivity index (χ4v) is 3.78. The summed E-state index contributed by atoms with van der Waals surface area (Å²) in [6.45, 7) is 5.41. The van der Waals surface area contributed by atoms with Gasteiger partial charge in [0.15, 0.2) is 5.82 Å². The predicted molar refractivity (Wildman–Crippen MR) is 113 cm³/mol. The number of likely N-dealkylation sites (tertiary alicyclic amines) is 1. The molecule has 148 valence electrons. The van der Waals surface area contributed by atoms with Gasteiger partial charge in [-0.05, 0) is 43.5 Å². The number of benzene rings is 1. The van der Waals surface area contributed by atoms with Gasteiger partial charge in [-0.3, -0.25) is 9.78 Å². The molecule has 1 atom stereocenters. The van der Waals surface area contributed by atoms with Crippen LogP contribution in [0.4, 0.5) is 0 Å². The van der Waals surface area contributed by atoms with E-state index in [9.17, 15) is 4.79 Å². The van der Waals surface area contributed by atoms with Crippen molar-refractivity contribution in [1.29, 1.82) is 0 Å². The molecule has 0 aliphatic carbocycles. The highest BCUT2D eigenvalue weighted by Gasteiger charge is 2.23. The predicted octanol–water partition coefficient (Wildman–Crippen LogP) is 3.07. The van der Waals surface area contributed by atoms with Crippen molar-refractivity contribution in [2.45, 2.75) is 19.3 Å². The van der Waals surface area contributed by atoms with Gasteiger partial charge in [0.1, 0.15) is 0 Å². The summed E-state index contributed by atoms with van der Waals surface area (Å²) < 4.78 is 0. The summed E-state index contributed by atoms with van der Waals surface area (Å²) in [6.07, 6.45) is 6.19. The maximum absolute atomic E-state index is 12.6. The molecular weight excluding hydrogens is 362 g/mol. The molecule has 0 unspecified atom stereocenters. The fourth-order valence-electron chi connectivity index (χ4n) is 3.78. The van der Waals surface area contributed by atoms with E-state index in [2.05, 4.69) is 55.5 Å². The maximum atomic E-state index is 12.6. The zero-order valence-corrected chi connectivity index (χ0v) is 16.6. The topological polar surface area (TPSA) is 71.0 Å². The molecule has 0 saturated carbocycles. The van der Waals surface area contributed by atoms with Crippen LogP contribution in [0.5, 0.6) is 0 Å². The van der Waals surface area contributed by atoms with Crippen molar-refractivity contribution in [1.82, 2.24) is 25.2 Å². The number of amides is 1. The lowest BCUT2D eigenvalue weighted by molar-refractivity contribution is 0.0948. The molecule has 3 heterocycles. The van der Waals surface area contributed by atoms with Gasteiger partial charge in [-0.25, -0.2) is 9.97 Å². The first-order chi connectivity index (χ1) is 14.2. The Morgan fingerprint density at radius 1 is 1.17 bits per heavy atom. The van der Waals surface area contributed by atoms with E-state index in [1.807, 2.05) is 19.1 Å². The van der Waals surface area contributed by atoms with Gasteiger partial charge in [0.25, 0.3) is 5.91 Å². The van der Waals surface area contributed by atoms with Gasteiger partial charge in [-0.1, -0.05) is 30.3 Å². The van der Waals surface area contributed by atoms with E-state index in [1.54, 1.807) is 18.6 Å². The van der Waals surface area contributed by atoms with Crippen molar-refractivity contribution in [3.8, 4) is 11.4 Å². The molecule has 1 N–H and O–H groups in total. The Balaban J connectivity index is 1.29. The number of carbonyl (C=O) groups is 1. The minimum absolute atomic E-state index is 0.126. The molecule has 4 rings (SSSR count). The average molecular weight is 387 g/mol. The van der Waals surface area contributed by atoms with Crippen LogP contribution in [0.15, 0.2) is 61.1 Å². The second-order valence-electron chi connectivity index (χ2n) is 7.39. The summed E-state index contributed by atoms with van der Waals surface area (Å²) in [4.78, 5) is 27.9. The lowest BCUT2D eigenvalue weighted by atomic mass is 9.99. The van der Waals surface area contributed by atoms with Crippen molar-refractivity contribution in [3.63, 3.8) is 0 Å². The van der Waals surface area contributed by atoms with E-state index in [4.69, 9.17) is 0 Å². The third-order valence-corrected chi connectivity index (χ3v) is 5.40. The van der Waals surface area contributed by atoms with Gasteiger partial charge in [-0.2, -0.15) is 0 Å². The summed E-state index contributed by atoms with van der Waals surface area (Å²) in [7, 11) is 0. The van der Waals surface area contributed by atoms with Crippen LogP contribution < -0.4 is 5.32 Å². The molecular formula is C23H25N5O. The minimum atomic E-state index is -0.126. The number of nitrogens with one attached hydrogen (secondary N) is 1. The molecule has 2 aromatic heterocycles. The van der Waals surface area contributed by atoms with Gasteiger partial charge < -0.3 is 10.2 Å². The van der Waals surface area contributed by atoms with E-state index < -0.39 is 0 Å². The van der Waals surface area contributed by atoms with Crippen molar-refractivity contribution in [3.05, 3.63) is 77.9 Å². The normalized spacial score (nSPS) is 16.7. The number of hydrogen-bond donors (Lipinski definition) is 1. The van der Waals surface area contributed by atoms with E-state index in [1.165, 1.54) is 12.0 Å². The maximum Gasteiger partial charge on any atom is 0.254 e. The summed E-state index contributed by atoms with van der Waals surface area (Å²) >= 11 is 0. The molecule has 0 radical (unpaired) electrons. The van der Waals surface area contributed by atoms with Gasteiger partial charge in [-0.15, -0.1) is 0 Å². The minimum Gasteiger partial charge on any atom is -0.351 e. The smallest absolute Gasteiger partial charge is 0.254 e. The SMILES string of the molecule is Cc1nc(-c2cccnc2)ncc1C(=O)NCCN1CC[C@@H](c2ccccc2)C1. The third-order valence-electron chi connectivity index (χ3n) is 5.40. The van der Waals surface area contributed by atoms with Crippen LogP contribution in [0.2, 0.25) is 0 Å². The van der Waals surface area contributed by atoms with E-state index in [0.717, 1.165) is 25.2 Å². The summed E-state index contributed by atoms with van der Waals surface area (Å²) in [5.41, 5.74) is 3.42. The van der Waals surface area contributed by atoms with E-state index >= 15 is 0 Å². The zero-order valence-electron chi connectivity index (χ0n) is 16.6. The highest BCUT2D eigenvalue weighted by molar-refractivity contribution is 5.95. The Hall–Kier alpha value is -3.12. The Bertz CT molecular complexity index is 962. The molecule has 3 aromatic rings. The second kappa shape index (κ2) is 8.92. The van der Waals surface area contributed by atoms with Crippen LogP contribution in [0.1, 0.15) is 34.0 Å². The average Bonchev–Trinajstić information content (AvgIpc) is 3.24. The van der Waals surface area contributed by atoms with Crippen LogP contribution in [0, 0.1) is 6.92 Å². The number of carbonyl (C=O) groups excluding carboxylic acids is 1. The molecule has 29 heavy (non-hydrogen) atoms. The van der Waals surface area contributed by atoms with Crippen LogP contribution in [0.25, 0.3) is 11.4 Å². The number of aryl methyl sites for hydroxylation is 1. The number of rotatable bonds is 6. The second-order valence-corrected chi connectivity index (χ2v) is 7.39. The van der Waals surface area contributed by atoms with Crippen molar-refractivity contribution >= 4 is 5.91 Å².